The van der Waals surface area contributed by atoms with E-state index in [4.69, 9.17) is 11.6 Å². The van der Waals surface area contributed by atoms with Gasteiger partial charge in [-0.2, -0.15) is 4.98 Å². The van der Waals surface area contributed by atoms with Crippen molar-refractivity contribution in [2.24, 2.45) is 0 Å². The second kappa shape index (κ2) is 8.65. The predicted octanol–water partition coefficient (Wildman–Crippen LogP) is 4.31. The number of carbonyl (C=O) groups excluding carboxylic acids is 1. The van der Waals surface area contributed by atoms with E-state index in [0.717, 1.165) is 17.7 Å². The molecule has 0 aliphatic carbocycles. The van der Waals surface area contributed by atoms with Crippen LogP contribution < -0.4 is 11.0 Å². The summed E-state index contributed by atoms with van der Waals surface area (Å²) in [5.74, 6) is -1.98. The molecule has 1 aromatic heterocycles. The van der Waals surface area contributed by atoms with Gasteiger partial charge in [0.1, 0.15) is 18.2 Å². The Morgan fingerprint density at radius 1 is 1.03 bits per heavy atom. The van der Waals surface area contributed by atoms with Gasteiger partial charge in [-0.3, -0.25) is 9.36 Å². The van der Waals surface area contributed by atoms with Crippen molar-refractivity contribution in [2.45, 2.75) is 13.1 Å². The third kappa shape index (κ3) is 4.46. The molecule has 0 spiro atoms. The fraction of sp³-hybridized carbons (Fsp3) is 0.0870. The van der Waals surface area contributed by atoms with E-state index >= 15 is 0 Å². The van der Waals surface area contributed by atoms with Crippen LogP contribution in [0, 0.1) is 11.6 Å². The van der Waals surface area contributed by atoms with Crippen LogP contribution in [0.25, 0.3) is 22.2 Å². The van der Waals surface area contributed by atoms with Crippen LogP contribution in [0.15, 0.2) is 71.5 Å². The summed E-state index contributed by atoms with van der Waals surface area (Å²) >= 11 is 6.16. The van der Waals surface area contributed by atoms with Crippen LogP contribution in [0.2, 0.25) is 5.02 Å². The quantitative estimate of drug-likeness (QED) is 0.504. The lowest BCUT2D eigenvalue weighted by Crippen LogP contribution is -2.33. The van der Waals surface area contributed by atoms with E-state index in [1.807, 2.05) is 30.3 Å². The van der Waals surface area contributed by atoms with Gasteiger partial charge in [-0.1, -0.05) is 48.0 Å². The molecule has 0 radical (unpaired) electrons. The van der Waals surface area contributed by atoms with E-state index in [1.165, 1.54) is 10.6 Å². The Balaban J connectivity index is 1.66. The van der Waals surface area contributed by atoms with Crippen LogP contribution in [0.5, 0.6) is 0 Å². The van der Waals surface area contributed by atoms with E-state index < -0.39 is 23.2 Å². The predicted molar refractivity (Wildman–Crippen MR) is 115 cm³/mol. The smallest absolute Gasteiger partial charge is 0.349 e. The molecule has 0 unspecified atom stereocenters. The Bertz CT molecular complexity index is 1340. The van der Waals surface area contributed by atoms with E-state index in [9.17, 15) is 18.4 Å². The van der Waals surface area contributed by atoms with Crippen molar-refractivity contribution >= 4 is 28.4 Å². The molecule has 8 heteroatoms. The second-order valence-electron chi connectivity index (χ2n) is 6.87. The molecule has 0 atom stereocenters. The first-order valence-electron chi connectivity index (χ1n) is 9.38. The molecule has 4 rings (SSSR count). The van der Waals surface area contributed by atoms with Crippen LogP contribution in [-0.2, 0) is 17.9 Å². The highest BCUT2D eigenvalue weighted by molar-refractivity contribution is 6.31. The van der Waals surface area contributed by atoms with Crippen molar-refractivity contribution < 1.29 is 13.6 Å². The lowest BCUT2D eigenvalue weighted by atomic mass is 10.1. The van der Waals surface area contributed by atoms with Crippen LogP contribution in [0.3, 0.4) is 0 Å². The molecule has 0 saturated heterocycles. The average molecular weight is 440 g/mol. The van der Waals surface area contributed by atoms with Gasteiger partial charge in [0.15, 0.2) is 0 Å². The third-order valence-corrected chi connectivity index (χ3v) is 5.02. The van der Waals surface area contributed by atoms with Crippen molar-refractivity contribution in [3.63, 3.8) is 0 Å². The molecule has 4 aromatic rings. The number of halogens is 3. The fourth-order valence-electron chi connectivity index (χ4n) is 3.28. The zero-order valence-corrected chi connectivity index (χ0v) is 16.9. The Morgan fingerprint density at radius 2 is 1.81 bits per heavy atom. The summed E-state index contributed by atoms with van der Waals surface area (Å²) in [4.78, 5) is 29.4. The first-order chi connectivity index (χ1) is 14.9. The Hall–Kier alpha value is -3.58. The normalized spacial score (nSPS) is 10.9. The van der Waals surface area contributed by atoms with Gasteiger partial charge < -0.3 is 5.32 Å². The van der Waals surface area contributed by atoms with Gasteiger partial charge in [0.05, 0.1) is 11.2 Å². The summed E-state index contributed by atoms with van der Waals surface area (Å²) in [6, 6.07) is 17.3. The maximum atomic E-state index is 13.8. The number of nitrogens with zero attached hydrogens (tertiary/aromatic N) is 2. The Kier molecular flexibility index (Phi) is 5.77. The van der Waals surface area contributed by atoms with E-state index in [0.29, 0.717) is 21.6 Å². The molecule has 1 N–H and O–H groups in total. The van der Waals surface area contributed by atoms with Crippen molar-refractivity contribution in [3.8, 4) is 11.3 Å². The molecular formula is C23H16ClF2N3O2. The standard InChI is InChI=1S/C23H16ClF2N3O2/c24-16-7-9-20-18(10-16)22(14-4-2-1-3-5-14)28-23(31)29(20)13-21(30)27-12-15-6-8-17(25)11-19(15)26/h1-11H,12-13H2,(H,27,30). The van der Waals surface area contributed by atoms with E-state index in [1.54, 1.807) is 18.2 Å². The van der Waals surface area contributed by atoms with Crippen LogP contribution in [-0.4, -0.2) is 15.5 Å². The van der Waals surface area contributed by atoms with Gasteiger partial charge in [0, 0.05) is 34.1 Å². The number of rotatable bonds is 5. The summed E-state index contributed by atoms with van der Waals surface area (Å²) in [7, 11) is 0. The maximum absolute atomic E-state index is 13.8. The molecule has 156 valence electrons. The van der Waals surface area contributed by atoms with Crippen LogP contribution in [0.4, 0.5) is 8.78 Å². The number of amides is 1. The molecule has 5 nitrogen and oxygen atoms in total. The molecule has 1 amide bonds. The largest absolute Gasteiger partial charge is 0.350 e. The SMILES string of the molecule is O=C(Cn1c(=O)nc(-c2ccccc2)c2cc(Cl)ccc21)NCc1ccc(F)cc1F. The number of benzene rings is 3. The lowest BCUT2D eigenvalue weighted by Gasteiger charge is -2.13. The molecule has 0 aliphatic rings. The monoisotopic (exact) mass is 439 g/mol. The molecule has 0 fully saturated rings. The van der Waals surface area contributed by atoms with Crippen molar-refractivity contribution in [1.29, 1.82) is 0 Å². The van der Waals surface area contributed by atoms with Gasteiger partial charge in [-0.05, 0) is 24.3 Å². The minimum atomic E-state index is -0.758. The summed E-state index contributed by atoms with van der Waals surface area (Å²) in [6.45, 7) is -0.458. The maximum Gasteiger partial charge on any atom is 0.349 e. The number of carbonyl (C=O) groups is 1. The molecule has 0 saturated carbocycles. The molecule has 31 heavy (non-hydrogen) atoms. The summed E-state index contributed by atoms with van der Waals surface area (Å²) < 4.78 is 28.0. The highest BCUT2D eigenvalue weighted by Crippen LogP contribution is 2.27. The number of fused-ring (bicyclic) bond motifs is 1. The zero-order chi connectivity index (χ0) is 22.0. The van der Waals surface area contributed by atoms with E-state index in [-0.39, 0.29) is 18.7 Å². The van der Waals surface area contributed by atoms with E-state index in [2.05, 4.69) is 10.3 Å². The fourth-order valence-corrected chi connectivity index (χ4v) is 3.45. The van der Waals surface area contributed by atoms with Gasteiger partial charge in [-0.15, -0.1) is 0 Å². The number of nitrogens with one attached hydrogen (secondary N) is 1. The third-order valence-electron chi connectivity index (χ3n) is 4.78. The van der Waals surface area contributed by atoms with Crippen LogP contribution in [0.1, 0.15) is 5.56 Å². The molecule has 0 bridgehead atoms. The van der Waals surface area contributed by atoms with Crippen molar-refractivity contribution in [2.75, 3.05) is 0 Å². The minimum absolute atomic E-state index is 0.135. The lowest BCUT2D eigenvalue weighted by molar-refractivity contribution is -0.121. The molecule has 0 aliphatic heterocycles. The van der Waals surface area contributed by atoms with Gasteiger partial charge >= 0.3 is 5.69 Å². The number of hydrogen-bond acceptors (Lipinski definition) is 3. The Morgan fingerprint density at radius 3 is 2.55 bits per heavy atom. The summed E-state index contributed by atoms with van der Waals surface area (Å²) in [6.07, 6.45) is 0. The average Bonchev–Trinajstić information content (AvgIpc) is 2.75. The van der Waals surface area contributed by atoms with Gasteiger partial charge in [-0.25, -0.2) is 13.6 Å². The van der Waals surface area contributed by atoms with Crippen molar-refractivity contribution in [3.05, 3.63) is 99.4 Å². The zero-order valence-electron chi connectivity index (χ0n) is 16.1. The molecule has 1 heterocycles. The number of aromatic nitrogens is 2. The highest BCUT2D eigenvalue weighted by atomic mass is 35.5. The topological polar surface area (TPSA) is 64.0 Å². The second-order valence-corrected chi connectivity index (χ2v) is 7.31. The molecule has 3 aromatic carbocycles. The van der Waals surface area contributed by atoms with Crippen molar-refractivity contribution in [1.82, 2.24) is 14.9 Å². The molecular weight excluding hydrogens is 424 g/mol. The minimum Gasteiger partial charge on any atom is -0.350 e. The number of hydrogen-bond donors (Lipinski definition) is 1. The Labute approximate surface area is 180 Å². The highest BCUT2D eigenvalue weighted by Gasteiger charge is 2.15. The van der Waals surface area contributed by atoms with Gasteiger partial charge in [0.25, 0.3) is 0 Å². The first-order valence-corrected chi connectivity index (χ1v) is 9.76. The van der Waals surface area contributed by atoms with Crippen LogP contribution >= 0.6 is 11.6 Å². The summed E-state index contributed by atoms with van der Waals surface area (Å²) in [5, 5.41) is 3.63. The van der Waals surface area contributed by atoms with Gasteiger partial charge in [0.2, 0.25) is 5.91 Å². The summed E-state index contributed by atoms with van der Waals surface area (Å²) in [5.41, 5.74) is 1.24. The first kappa shape index (κ1) is 20.7.